The molecule has 2 rings (SSSR count). The lowest BCUT2D eigenvalue weighted by Gasteiger charge is -2.36. The molecule has 1 heterocycles. The average molecular weight is 190 g/mol. The van der Waals surface area contributed by atoms with Gasteiger partial charge < -0.3 is 10.6 Å². The van der Waals surface area contributed by atoms with Crippen LogP contribution in [0.3, 0.4) is 0 Å². The first-order chi connectivity index (χ1) is 6.64. The molecule has 1 amide bonds. The summed E-state index contributed by atoms with van der Waals surface area (Å²) < 4.78 is 0. The van der Waals surface area contributed by atoms with Gasteiger partial charge in [-0.15, -0.1) is 0 Å². The van der Waals surface area contributed by atoms with Gasteiger partial charge in [0.2, 0.25) is 0 Å². The predicted octanol–water partition coefficient (Wildman–Crippen LogP) is 1.97. The summed E-state index contributed by atoms with van der Waals surface area (Å²) in [5, 5.41) is 6.27. The first kappa shape index (κ1) is 9.06. The van der Waals surface area contributed by atoms with Crippen LogP contribution in [0.2, 0.25) is 0 Å². The summed E-state index contributed by atoms with van der Waals surface area (Å²) in [7, 11) is 0. The molecule has 14 heavy (non-hydrogen) atoms. The molecule has 74 valence electrons. The van der Waals surface area contributed by atoms with Gasteiger partial charge in [-0.3, -0.25) is 4.79 Å². The maximum absolute atomic E-state index is 11.7. The fourth-order valence-electron chi connectivity index (χ4n) is 1.61. The zero-order valence-corrected chi connectivity index (χ0v) is 8.42. The number of hydrogen-bond acceptors (Lipinski definition) is 2. The van der Waals surface area contributed by atoms with E-state index in [4.69, 9.17) is 0 Å². The molecular weight excluding hydrogens is 176 g/mol. The molecule has 0 radical (unpaired) electrons. The molecule has 3 nitrogen and oxygen atoms in total. The summed E-state index contributed by atoms with van der Waals surface area (Å²) in [6.07, 6.45) is 0.854. The van der Waals surface area contributed by atoms with E-state index in [1.54, 1.807) is 0 Å². The average Bonchev–Trinajstić information content (AvgIpc) is 2.18. The highest BCUT2D eigenvalue weighted by Gasteiger charge is 2.30. The molecule has 0 aromatic heterocycles. The number of nitrogens with one attached hydrogen (secondary N) is 2. The summed E-state index contributed by atoms with van der Waals surface area (Å²) in [5.41, 5.74) is 1.32. The molecule has 2 N–H and O–H groups in total. The smallest absolute Gasteiger partial charge is 0.255 e. The second-order valence-electron chi connectivity index (χ2n) is 3.81. The van der Waals surface area contributed by atoms with Crippen molar-refractivity contribution in [2.24, 2.45) is 0 Å². The Morgan fingerprint density at radius 3 is 2.71 bits per heavy atom. The summed E-state index contributed by atoms with van der Waals surface area (Å²) in [6.45, 7) is 4.03. The van der Waals surface area contributed by atoms with E-state index in [0.717, 1.165) is 17.7 Å². The van der Waals surface area contributed by atoms with Crippen LogP contribution in [0.4, 0.5) is 5.69 Å². The number of anilines is 1. The molecule has 0 spiro atoms. The van der Waals surface area contributed by atoms with Gasteiger partial charge in [-0.1, -0.05) is 19.1 Å². The van der Waals surface area contributed by atoms with Crippen LogP contribution in [-0.2, 0) is 0 Å². The Morgan fingerprint density at radius 2 is 2.00 bits per heavy atom. The number of carbonyl (C=O) groups excluding carboxylic acids is 1. The highest BCUT2D eigenvalue weighted by molar-refractivity contribution is 6.02. The number of rotatable bonds is 1. The topological polar surface area (TPSA) is 41.1 Å². The van der Waals surface area contributed by atoms with E-state index in [9.17, 15) is 4.79 Å². The van der Waals surface area contributed by atoms with Crippen molar-refractivity contribution in [1.29, 1.82) is 0 Å². The van der Waals surface area contributed by atoms with Gasteiger partial charge >= 0.3 is 0 Å². The highest BCUT2D eigenvalue weighted by Crippen LogP contribution is 2.25. The minimum atomic E-state index is -0.314. The second-order valence-corrected chi connectivity index (χ2v) is 3.81. The Labute approximate surface area is 83.5 Å². The van der Waals surface area contributed by atoms with Gasteiger partial charge in [-0.2, -0.15) is 0 Å². The van der Waals surface area contributed by atoms with E-state index in [0.29, 0.717) is 0 Å². The third-order valence-corrected chi connectivity index (χ3v) is 2.68. The van der Waals surface area contributed by atoms with Gasteiger partial charge in [0.25, 0.3) is 5.91 Å². The van der Waals surface area contributed by atoms with E-state index in [1.807, 2.05) is 38.1 Å². The standard InChI is InChI=1S/C11H14N2O/c1-3-11(2)12-9-7-5-4-6-8(9)10(14)13-11/h4-7,12H,3H2,1-2H3,(H,13,14)/t11-/m0/s1. The van der Waals surface area contributed by atoms with Crippen LogP contribution in [0.25, 0.3) is 0 Å². The highest BCUT2D eigenvalue weighted by atomic mass is 16.2. The molecule has 1 aliphatic heterocycles. The van der Waals surface area contributed by atoms with E-state index in [-0.39, 0.29) is 11.6 Å². The maximum atomic E-state index is 11.7. The number of amides is 1. The monoisotopic (exact) mass is 190 g/mol. The van der Waals surface area contributed by atoms with Crippen molar-refractivity contribution in [3.63, 3.8) is 0 Å². The first-order valence-electron chi connectivity index (χ1n) is 4.84. The molecule has 0 fully saturated rings. The molecule has 0 bridgehead atoms. The van der Waals surface area contributed by atoms with Gasteiger partial charge in [0.05, 0.1) is 5.56 Å². The molecule has 1 aromatic rings. The van der Waals surface area contributed by atoms with Crippen molar-refractivity contribution in [2.45, 2.75) is 25.9 Å². The third-order valence-electron chi connectivity index (χ3n) is 2.68. The predicted molar refractivity (Wildman–Crippen MR) is 56.2 cm³/mol. The minimum absolute atomic E-state index is 0.00343. The SMILES string of the molecule is CC[C@]1(C)NC(=O)c2ccccc2N1. The number of para-hydroxylation sites is 1. The lowest BCUT2D eigenvalue weighted by Crippen LogP contribution is -2.54. The minimum Gasteiger partial charge on any atom is -0.362 e. The Balaban J connectivity index is 2.43. The van der Waals surface area contributed by atoms with Crippen molar-refractivity contribution in [1.82, 2.24) is 5.32 Å². The third kappa shape index (κ3) is 1.35. The molecule has 0 saturated heterocycles. The zero-order valence-electron chi connectivity index (χ0n) is 8.42. The van der Waals surface area contributed by atoms with Gasteiger partial charge in [0.15, 0.2) is 0 Å². The van der Waals surface area contributed by atoms with Gasteiger partial charge in [0.1, 0.15) is 5.66 Å². The lowest BCUT2D eigenvalue weighted by molar-refractivity contribution is 0.0905. The fourth-order valence-corrected chi connectivity index (χ4v) is 1.61. The molecule has 1 atom stereocenters. The molecule has 0 unspecified atom stereocenters. The molecule has 1 aliphatic rings. The molecule has 1 aromatic carbocycles. The number of hydrogen-bond donors (Lipinski definition) is 2. The van der Waals surface area contributed by atoms with Gasteiger partial charge in [0, 0.05) is 5.69 Å². The summed E-state index contributed by atoms with van der Waals surface area (Å²) >= 11 is 0. The molecule has 0 saturated carbocycles. The maximum Gasteiger partial charge on any atom is 0.255 e. The van der Waals surface area contributed by atoms with E-state index in [1.165, 1.54) is 0 Å². The van der Waals surface area contributed by atoms with Crippen LogP contribution < -0.4 is 10.6 Å². The van der Waals surface area contributed by atoms with Crippen molar-refractivity contribution in [2.75, 3.05) is 5.32 Å². The normalized spacial score (nSPS) is 24.9. The van der Waals surface area contributed by atoms with Crippen molar-refractivity contribution in [3.05, 3.63) is 29.8 Å². The lowest BCUT2D eigenvalue weighted by atomic mass is 10.0. The summed E-state index contributed by atoms with van der Waals surface area (Å²) in [4.78, 5) is 11.7. The van der Waals surface area contributed by atoms with E-state index >= 15 is 0 Å². The summed E-state index contributed by atoms with van der Waals surface area (Å²) in [5.74, 6) is 0.00343. The van der Waals surface area contributed by atoms with Crippen LogP contribution in [0.5, 0.6) is 0 Å². The van der Waals surface area contributed by atoms with Crippen molar-refractivity contribution < 1.29 is 4.79 Å². The van der Waals surface area contributed by atoms with Crippen molar-refractivity contribution in [3.8, 4) is 0 Å². The Kier molecular flexibility index (Phi) is 1.95. The van der Waals surface area contributed by atoms with Crippen LogP contribution in [0.15, 0.2) is 24.3 Å². The van der Waals surface area contributed by atoms with Crippen LogP contribution >= 0.6 is 0 Å². The largest absolute Gasteiger partial charge is 0.362 e. The molecule has 0 aliphatic carbocycles. The quantitative estimate of drug-likeness (QED) is 0.710. The Hall–Kier alpha value is -1.51. The van der Waals surface area contributed by atoms with Gasteiger partial charge in [-0.25, -0.2) is 0 Å². The number of carbonyl (C=O) groups is 1. The zero-order chi connectivity index (χ0) is 10.2. The number of benzene rings is 1. The van der Waals surface area contributed by atoms with E-state index < -0.39 is 0 Å². The fraction of sp³-hybridized carbons (Fsp3) is 0.364. The first-order valence-corrected chi connectivity index (χ1v) is 4.84. The molecule has 3 heteroatoms. The Bertz CT molecular complexity index is 375. The van der Waals surface area contributed by atoms with Crippen LogP contribution in [-0.4, -0.2) is 11.6 Å². The number of fused-ring (bicyclic) bond motifs is 1. The van der Waals surface area contributed by atoms with Gasteiger partial charge in [-0.05, 0) is 25.5 Å². The van der Waals surface area contributed by atoms with Crippen molar-refractivity contribution >= 4 is 11.6 Å². The van der Waals surface area contributed by atoms with E-state index in [2.05, 4.69) is 10.6 Å². The van der Waals surface area contributed by atoms with Crippen LogP contribution in [0, 0.1) is 0 Å². The van der Waals surface area contributed by atoms with Crippen LogP contribution in [0.1, 0.15) is 30.6 Å². The second kappa shape index (κ2) is 3.01. The Morgan fingerprint density at radius 1 is 1.29 bits per heavy atom. The summed E-state index contributed by atoms with van der Waals surface area (Å²) in [6, 6.07) is 7.56. The molecular formula is C11H14N2O.